The monoisotopic (exact) mass is 393 g/mol. The quantitative estimate of drug-likeness (QED) is 0.716. The predicted octanol–water partition coefficient (Wildman–Crippen LogP) is 2.15. The van der Waals surface area contributed by atoms with E-state index in [9.17, 15) is 18.0 Å². The molecule has 27 heavy (non-hydrogen) atoms. The Morgan fingerprint density at radius 1 is 1.22 bits per heavy atom. The van der Waals surface area contributed by atoms with E-state index in [-0.39, 0.29) is 23.5 Å². The number of aryl methyl sites for hydroxylation is 2. The summed E-state index contributed by atoms with van der Waals surface area (Å²) >= 11 is 0. The molecular formula is C20H27NO5S. The lowest BCUT2D eigenvalue weighted by atomic mass is 9.90. The van der Waals surface area contributed by atoms with E-state index in [1.54, 1.807) is 19.9 Å². The van der Waals surface area contributed by atoms with Gasteiger partial charge in [-0.2, -0.15) is 0 Å². The van der Waals surface area contributed by atoms with Gasteiger partial charge in [-0.25, -0.2) is 13.2 Å². The molecule has 7 heteroatoms. The Kier molecular flexibility index (Phi) is 5.89. The van der Waals surface area contributed by atoms with Crippen LogP contribution in [0.4, 0.5) is 0 Å². The first-order chi connectivity index (χ1) is 12.8. The molecule has 0 saturated carbocycles. The van der Waals surface area contributed by atoms with E-state index in [2.05, 4.69) is 0 Å². The molecule has 1 amide bonds. The molecule has 1 aromatic rings. The normalized spacial score (nSPS) is 21.9. The molecule has 1 fully saturated rings. The van der Waals surface area contributed by atoms with Crippen LogP contribution in [0.15, 0.2) is 18.2 Å². The first kappa shape index (κ1) is 19.9. The van der Waals surface area contributed by atoms with E-state index < -0.39 is 21.9 Å². The van der Waals surface area contributed by atoms with Crippen molar-refractivity contribution in [3.63, 3.8) is 0 Å². The summed E-state index contributed by atoms with van der Waals surface area (Å²) < 4.78 is 28.8. The summed E-state index contributed by atoms with van der Waals surface area (Å²) in [6, 6.07) is 5.26. The summed E-state index contributed by atoms with van der Waals surface area (Å²) in [7, 11) is -3.09. The molecule has 1 aromatic carbocycles. The number of likely N-dealkylation sites (N-methyl/N-ethyl adjacent to an activating group) is 1. The van der Waals surface area contributed by atoms with Crippen molar-refractivity contribution >= 4 is 21.7 Å². The minimum atomic E-state index is -3.09. The van der Waals surface area contributed by atoms with Crippen molar-refractivity contribution in [2.24, 2.45) is 0 Å². The Hall–Kier alpha value is -1.89. The molecule has 0 spiro atoms. The number of esters is 1. The predicted molar refractivity (Wildman–Crippen MR) is 102 cm³/mol. The molecule has 2 atom stereocenters. The Bertz CT molecular complexity index is 833. The van der Waals surface area contributed by atoms with Crippen molar-refractivity contribution in [1.29, 1.82) is 0 Å². The van der Waals surface area contributed by atoms with E-state index in [1.165, 1.54) is 22.4 Å². The highest BCUT2D eigenvalue weighted by Gasteiger charge is 2.36. The van der Waals surface area contributed by atoms with E-state index in [1.807, 2.05) is 12.1 Å². The third kappa shape index (κ3) is 4.51. The maximum Gasteiger partial charge on any atom is 0.338 e. The van der Waals surface area contributed by atoms with Crippen LogP contribution < -0.4 is 0 Å². The van der Waals surface area contributed by atoms with Crippen LogP contribution in [-0.2, 0) is 32.2 Å². The maximum atomic E-state index is 12.7. The minimum Gasteiger partial charge on any atom is -0.449 e. The SMILES string of the molecule is CCN(C(=O)[C@@H](C)OC(=O)c1ccc2c(c1)CCCC2)[C@@H]1CCS(=O)(=O)C1. The molecule has 1 aliphatic heterocycles. The summed E-state index contributed by atoms with van der Waals surface area (Å²) in [6.45, 7) is 3.74. The van der Waals surface area contributed by atoms with Crippen LogP contribution >= 0.6 is 0 Å². The highest BCUT2D eigenvalue weighted by atomic mass is 32.2. The van der Waals surface area contributed by atoms with Gasteiger partial charge in [-0.05, 0) is 69.2 Å². The lowest BCUT2D eigenvalue weighted by molar-refractivity contribution is -0.141. The fourth-order valence-electron chi connectivity index (χ4n) is 3.99. The van der Waals surface area contributed by atoms with Crippen LogP contribution in [-0.4, -0.2) is 55.4 Å². The Balaban J connectivity index is 1.65. The summed E-state index contributed by atoms with van der Waals surface area (Å²) in [6.07, 6.45) is 3.78. The van der Waals surface area contributed by atoms with Gasteiger partial charge in [-0.1, -0.05) is 6.07 Å². The third-order valence-corrected chi connectivity index (χ3v) is 7.24. The maximum absolute atomic E-state index is 12.7. The summed E-state index contributed by atoms with van der Waals surface area (Å²) in [5, 5.41) is 0. The number of ether oxygens (including phenoxy) is 1. The van der Waals surface area contributed by atoms with E-state index in [0.717, 1.165) is 19.3 Å². The van der Waals surface area contributed by atoms with Crippen LogP contribution in [0, 0.1) is 0 Å². The molecule has 0 bridgehead atoms. The molecule has 3 rings (SSSR count). The van der Waals surface area contributed by atoms with Crippen LogP contribution in [0.25, 0.3) is 0 Å². The van der Waals surface area contributed by atoms with Crippen molar-refractivity contribution < 1.29 is 22.7 Å². The number of amides is 1. The largest absolute Gasteiger partial charge is 0.449 e. The van der Waals surface area contributed by atoms with Crippen molar-refractivity contribution in [3.8, 4) is 0 Å². The van der Waals surface area contributed by atoms with Gasteiger partial charge in [0.05, 0.1) is 17.1 Å². The molecule has 1 heterocycles. The van der Waals surface area contributed by atoms with Crippen LogP contribution in [0.5, 0.6) is 0 Å². The molecule has 0 unspecified atom stereocenters. The Morgan fingerprint density at radius 3 is 2.56 bits per heavy atom. The van der Waals surface area contributed by atoms with Crippen LogP contribution in [0.1, 0.15) is 54.6 Å². The van der Waals surface area contributed by atoms with Gasteiger partial charge >= 0.3 is 5.97 Å². The zero-order chi connectivity index (χ0) is 19.6. The molecular weight excluding hydrogens is 366 g/mol. The first-order valence-electron chi connectivity index (χ1n) is 9.64. The standard InChI is InChI=1S/C20H27NO5S/c1-3-21(18-10-11-27(24,25)13-18)19(22)14(2)26-20(23)17-9-8-15-6-4-5-7-16(15)12-17/h8-9,12,14,18H,3-7,10-11,13H2,1-2H3/t14-,18-/m1/s1. The number of hydrogen-bond donors (Lipinski definition) is 0. The van der Waals surface area contributed by atoms with E-state index in [0.29, 0.717) is 18.5 Å². The molecule has 1 saturated heterocycles. The number of benzene rings is 1. The average molecular weight is 394 g/mol. The first-order valence-corrected chi connectivity index (χ1v) is 11.5. The molecule has 148 valence electrons. The van der Waals surface area contributed by atoms with Gasteiger partial charge in [-0.15, -0.1) is 0 Å². The van der Waals surface area contributed by atoms with Gasteiger partial charge in [0.1, 0.15) is 0 Å². The van der Waals surface area contributed by atoms with Crippen molar-refractivity contribution in [3.05, 3.63) is 34.9 Å². The lowest BCUT2D eigenvalue weighted by Gasteiger charge is -2.29. The highest BCUT2D eigenvalue weighted by molar-refractivity contribution is 7.91. The molecule has 1 aliphatic carbocycles. The molecule has 0 aromatic heterocycles. The van der Waals surface area contributed by atoms with Crippen molar-refractivity contribution in [2.75, 3.05) is 18.1 Å². The number of carbonyl (C=O) groups excluding carboxylic acids is 2. The Labute approximate surface area is 160 Å². The van der Waals surface area contributed by atoms with Gasteiger partial charge in [-0.3, -0.25) is 4.79 Å². The number of fused-ring (bicyclic) bond motifs is 1. The molecule has 6 nitrogen and oxygen atoms in total. The van der Waals surface area contributed by atoms with E-state index >= 15 is 0 Å². The highest BCUT2D eigenvalue weighted by Crippen LogP contribution is 2.23. The van der Waals surface area contributed by atoms with Crippen LogP contribution in [0.2, 0.25) is 0 Å². The number of hydrogen-bond acceptors (Lipinski definition) is 5. The summed E-state index contributed by atoms with van der Waals surface area (Å²) in [5.41, 5.74) is 2.92. The number of rotatable bonds is 5. The second-order valence-electron chi connectivity index (χ2n) is 7.42. The number of nitrogens with zero attached hydrogens (tertiary/aromatic N) is 1. The fraction of sp³-hybridized carbons (Fsp3) is 0.600. The smallest absolute Gasteiger partial charge is 0.338 e. The number of sulfone groups is 1. The zero-order valence-electron chi connectivity index (χ0n) is 15.9. The van der Waals surface area contributed by atoms with Crippen molar-refractivity contribution in [2.45, 2.75) is 58.1 Å². The topological polar surface area (TPSA) is 80.8 Å². The van der Waals surface area contributed by atoms with Gasteiger partial charge in [0.2, 0.25) is 0 Å². The minimum absolute atomic E-state index is 0.0158. The van der Waals surface area contributed by atoms with Gasteiger partial charge in [0.15, 0.2) is 15.9 Å². The van der Waals surface area contributed by atoms with Crippen molar-refractivity contribution in [1.82, 2.24) is 4.90 Å². The third-order valence-electron chi connectivity index (χ3n) is 5.49. The van der Waals surface area contributed by atoms with Gasteiger partial charge in [0, 0.05) is 12.6 Å². The van der Waals surface area contributed by atoms with Gasteiger partial charge in [0.25, 0.3) is 5.91 Å². The fourth-order valence-corrected chi connectivity index (χ4v) is 5.72. The zero-order valence-corrected chi connectivity index (χ0v) is 16.8. The molecule has 0 radical (unpaired) electrons. The summed E-state index contributed by atoms with van der Waals surface area (Å²) in [4.78, 5) is 26.7. The average Bonchev–Trinajstić information content (AvgIpc) is 3.01. The second kappa shape index (κ2) is 8.00. The lowest BCUT2D eigenvalue weighted by Crippen LogP contribution is -2.46. The Morgan fingerprint density at radius 2 is 1.93 bits per heavy atom. The van der Waals surface area contributed by atoms with E-state index in [4.69, 9.17) is 4.74 Å². The van der Waals surface area contributed by atoms with Crippen LogP contribution in [0.3, 0.4) is 0 Å². The molecule has 2 aliphatic rings. The van der Waals surface area contributed by atoms with Gasteiger partial charge < -0.3 is 9.64 Å². The second-order valence-corrected chi connectivity index (χ2v) is 9.65. The molecule has 0 N–H and O–H groups in total. The summed E-state index contributed by atoms with van der Waals surface area (Å²) in [5.74, 6) is -0.770. The number of carbonyl (C=O) groups is 2.